The number of hydrogen-bond acceptors (Lipinski definition) is 5. The van der Waals surface area contributed by atoms with Crippen LogP contribution in [0.25, 0.3) is 11.0 Å². The zero-order valence-corrected chi connectivity index (χ0v) is 15.3. The summed E-state index contributed by atoms with van der Waals surface area (Å²) in [4.78, 5) is 32.3. The molecular formula is C20H11ClN2O3S. The van der Waals surface area contributed by atoms with Gasteiger partial charge >= 0.3 is 0 Å². The number of amides is 1. The van der Waals surface area contributed by atoms with Crippen molar-refractivity contribution in [2.45, 2.75) is 6.04 Å². The summed E-state index contributed by atoms with van der Waals surface area (Å²) in [6.07, 6.45) is 1.63. The molecule has 2 aromatic carbocycles. The first-order valence-corrected chi connectivity index (χ1v) is 9.45. The van der Waals surface area contributed by atoms with Crippen LogP contribution in [-0.4, -0.2) is 10.9 Å². The summed E-state index contributed by atoms with van der Waals surface area (Å²) in [6, 6.07) is 13.6. The van der Waals surface area contributed by atoms with Gasteiger partial charge in [0.2, 0.25) is 5.76 Å². The summed E-state index contributed by atoms with van der Waals surface area (Å²) in [5.74, 6) is -0.318. The van der Waals surface area contributed by atoms with E-state index in [2.05, 4.69) is 4.98 Å². The fourth-order valence-corrected chi connectivity index (χ4v) is 4.27. The van der Waals surface area contributed by atoms with Crippen molar-refractivity contribution in [1.82, 2.24) is 4.98 Å². The first-order valence-electron chi connectivity index (χ1n) is 8.19. The molecule has 5 rings (SSSR count). The second-order valence-electron chi connectivity index (χ2n) is 6.12. The molecule has 0 spiro atoms. The molecule has 0 unspecified atom stereocenters. The van der Waals surface area contributed by atoms with E-state index in [4.69, 9.17) is 16.0 Å². The Labute approximate surface area is 162 Å². The van der Waals surface area contributed by atoms with E-state index in [1.807, 2.05) is 30.3 Å². The van der Waals surface area contributed by atoms with Crippen LogP contribution in [0, 0.1) is 0 Å². The highest BCUT2D eigenvalue weighted by Gasteiger charge is 2.44. The third kappa shape index (κ3) is 2.41. The van der Waals surface area contributed by atoms with E-state index in [9.17, 15) is 9.59 Å². The Morgan fingerprint density at radius 3 is 2.67 bits per heavy atom. The van der Waals surface area contributed by atoms with Gasteiger partial charge in [0.1, 0.15) is 5.58 Å². The number of anilines is 1. The van der Waals surface area contributed by atoms with Gasteiger partial charge < -0.3 is 4.42 Å². The summed E-state index contributed by atoms with van der Waals surface area (Å²) in [5.41, 5.74) is 1.21. The number of thiazole rings is 1. The summed E-state index contributed by atoms with van der Waals surface area (Å²) in [5, 5.41) is 3.10. The molecule has 132 valence electrons. The zero-order chi connectivity index (χ0) is 18.5. The molecule has 0 saturated heterocycles. The molecular weight excluding hydrogens is 384 g/mol. The molecule has 0 radical (unpaired) electrons. The molecule has 1 atom stereocenters. The molecule has 1 aliphatic heterocycles. The lowest BCUT2D eigenvalue weighted by Gasteiger charge is -2.22. The van der Waals surface area contributed by atoms with E-state index in [0.717, 1.165) is 5.56 Å². The molecule has 1 amide bonds. The van der Waals surface area contributed by atoms with Crippen molar-refractivity contribution in [3.8, 4) is 0 Å². The van der Waals surface area contributed by atoms with Crippen LogP contribution < -0.4 is 10.3 Å². The highest BCUT2D eigenvalue weighted by Crippen LogP contribution is 2.41. The molecule has 4 aromatic rings. The van der Waals surface area contributed by atoms with Crippen molar-refractivity contribution < 1.29 is 9.21 Å². The number of aromatic nitrogens is 1. The fourth-order valence-electron chi connectivity index (χ4n) is 3.43. The number of nitrogens with zero attached hydrogens (tertiary/aromatic N) is 2. The monoisotopic (exact) mass is 394 g/mol. The van der Waals surface area contributed by atoms with Crippen molar-refractivity contribution >= 4 is 44.9 Å². The van der Waals surface area contributed by atoms with Gasteiger partial charge in [-0.05, 0) is 23.8 Å². The molecule has 27 heavy (non-hydrogen) atoms. The van der Waals surface area contributed by atoms with Crippen LogP contribution in [0.5, 0.6) is 0 Å². The molecule has 0 aliphatic carbocycles. The zero-order valence-electron chi connectivity index (χ0n) is 13.8. The maximum atomic E-state index is 13.3. The van der Waals surface area contributed by atoms with Crippen LogP contribution in [0.2, 0.25) is 5.02 Å². The summed E-state index contributed by atoms with van der Waals surface area (Å²) in [6.45, 7) is 0. The molecule has 1 aliphatic rings. The van der Waals surface area contributed by atoms with Crippen molar-refractivity contribution in [2.24, 2.45) is 0 Å². The van der Waals surface area contributed by atoms with Gasteiger partial charge in [-0.3, -0.25) is 14.5 Å². The van der Waals surface area contributed by atoms with Crippen LogP contribution in [0.4, 0.5) is 5.13 Å². The minimum atomic E-state index is -0.598. The van der Waals surface area contributed by atoms with Crippen molar-refractivity contribution in [1.29, 1.82) is 0 Å². The summed E-state index contributed by atoms with van der Waals surface area (Å²) in [7, 11) is 0. The number of fused-ring (bicyclic) bond motifs is 2. The Morgan fingerprint density at radius 1 is 1.11 bits per heavy atom. The van der Waals surface area contributed by atoms with Gasteiger partial charge in [-0.25, -0.2) is 4.98 Å². The molecule has 0 N–H and O–H groups in total. The van der Waals surface area contributed by atoms with Gasteiger partial charge in [0, 0.05) is 16.6 Å². The highest BCUT2D eigenvalue weighted by atomic mass is 35.5. The van der Waals surface area contributed by atoms with Gasteiger partial charge in [-0.2, -0.15) is 0 Å². The predicted octanol–water partition coefficient (Wildman–Crippen LogP) is 4.65. The first-order chi connectivity index (χ1) is 13.1. The number of halogens is 1. The van der Waals surface area contributed by atoms with E-state index in [1.165, 1.54) is 16.2 Å². The Bertz CT molecular complexity index is 1240. The van der Waals surface area contributed by atoms with Gasteiger partial charge in [-0.15, -0.1) is 11.3 Å². The van der Waals surface area contributed by atoms with Gasteiger partial charge in [-0.1, -0.05) is 41.9 Å². The van der Waals surface area contributed by atoms with Crippen molar-refractivity contribution in [2.75, 3.05) is 4.90 Å². The number of hydrogen-bond donors (Lipinski definition) is 0. The maximum absolute atomic E-state index is 13.3. The SMILES string of the molecule is O=C1c2oc3ccc(Cl)cc3c(=O)c2[C@H](c2ccccc2)N1c1nccs1. The van der Waals surface area contributed by atoms with E-state index < -0.39 is 6.04 Å². The number of rotatable bonds is 2. The largest absolute Gasteiger partial charge is 0.450 e. The topological polar surface area (TPSA) is 63.4 Å². The molecule has 5 nitrogen and oxygen atoms in total. The molecule has 3 heterocycles. The number of carbonyl (C=O) groups excluding carboxylic acids is 1. The summed E-state index contributed by atoms with van der Waals surface area (Å²) < 4.78 is 5.86. The second-order valence-corrected chi connectivity index (χ2v) is 7.43. The smallest absolute Gasteiger partial charge is 0.297 e. The highest BCUT2D eigenvalue weighted by molar-refractivity contribution is 7.13. The van der Waals surface area contributed by atoms with Crippen molar-refractivity contribution in [3.05, 3.63) is 92.2 Å². The van der Waals surface area contributed by atoms with Crippen LogP contribution >= 0.6 is 22.9 Å². The van der Waals surface area contributed by atoms with E-state index in [1.54, 1.807) is 29.8 Å². The Morgan fingerprint density at radius 2 is 1.93 bits per heavy atom. The van der Waals surface area contributed by atoms with Gasteiger partial charge in [0.25, 0.3) is 5.91 Å². The lowest BCUT2D eigenvalue weighted by atomic mass is 9.99. The third-order valence-corrected chi connectivity index (χ3v) is 5.58. The minimum absolute atomic E-state index is 0.0545. The van der Waals surface area contributed by atoms with Crippen LogP contribution in [0.1, 0.15) is 27.7 Å². The van der Waals surface area contributed by atoms with Crippen LogP contribution in [0.15, 0.2) is 69.3 Å². The third-order valence-electron chi connectivity index (χ3n) is 4.57. The van der Waals surface area contributed by atoms with Crippen LogP contribution in [-0.2, 0) is 0 Å². The second kappa shape index (κ2) is 6.04. The standard InChI is InChI=1S/C20H11ClN2O3S/c21-12-6-7-14-13(10-12)17(24)15-16(11-4-2-1-3-5-11)23(19(25)18(15)26-14)20-22-8-9-27-20/h1-10,16H/t16-/m0/s1. The molecule has 7 heteroatoms. The predicted molar refractivity (Wildman–Crippen MR) is 105 cm³/mol. The van der Waals surface area contributed by atoms with E-state index in [0.29, 0.717) is 26.7 Å². The van der Waals surface area contributed by atoms with Crippen LogP contribution in [0.3, 0.4) is 0 Å². The minimum Gasteiger partial charge on any atom is -0.450 e. The molecule has 0 saturated carbocycles. The van der Waals surface area contributed by atoms with E-state index in [-0.39, 0.29) is 17.1 Å². The average Bonchev–Trinajstić information content (AvgIpc) is 3.30. The quantitative estimate of drug-likeness (QED) is 0.496. The normalized spacial score (nSPS) is 16.1. The Kier molecular flexibility index (Phi) is 3.63. The summed E-state index contributed by atoms with van der Waals surface area (Å²) >= 11 is 7.40. The fraction of sp³-hybridized carbons (Fsp3) is 0.0500. The lowest BCUT2D eigenvalue weighted by Crippen LogP contribution is -2.29. The Balaban J connectivity index is 1.85. The first kappa shape index (κ1) is 16.2. The average molecular weight is 395 g/mol. The maximum Gasteiger partial charge on any atom is 0.297 e. The van der Waals surface area contributed by atoms with Gasteiger partial charge in [0.05, 0.1) is 17.0 Å². The molecule has 0 bridgehead atoms. The van der Waals surface area contributed by atoms with Crippen molar-refractivity contribution in [3.63, 3.8) is 0 Å². The van der Waals surface area contributed by atoms with E-state index >= 15 is 0 Å². The molecule has 2 aromatic heterocycles. The lowest BCUT2D eigenvalue weighted by molar-refractivity contribution is 0.0971. The number of benzene rings is 2. The number of carbonyl (C=O) groups is 1. The molecule has 0 fully saturated rings. The Hall–Kier alpha value is -2.96. The van der Waals surface area contributed by atoms with Gasteiger partial charge in [0.15, 0.2) is 10.6 Å².